The van der Waals surface area contributed by atoms with Crippen molar-refractivity contribution in [1.82, 2.24) is 0 Å². The molecule has 72 valence electrons. The second-order valence-electron chi connectivity index (χ2n) is 3.50. The van der Waals surface area contributed by atoms with E-state index in [0.717, 1.165) is 6.54 Å². The van der Waals surface area contributed by atoms with Crippen LogP contribution < -0.4 is 5.32 Å². The topological polar surface area (TPSA) is 12.0 Å². The van der Waals surface area contributed by atoms with Gasteiger partial charge in [0.1, 0.15) is 0 Å². The van der Waals surface area contributed by atoms with Crippen molar-refractivity contribution in [3.63, 3.8) is 0 Å². The second kappa shape index (κ2) is 5.63. The van der Waals surface area contributed by atoms with Crippen molar-refractivity contribution >= 4 is 5.69 Å². The molecule has 1 N–H and O–H groups in total. The van der Waals surface area contributed by atoms with Gasteiger partial charge in [-0.2, -0.15) is 0 Å². The van der Waals surface area contributed by atoms with Crippen LogP contribution in [0.2, 0.25) is 0 Å². The summed E-state index contributed by atoms with van der Waals surface area (Å²) < 4.78 is 0. The zero-order chi connectivity index (χ0) is 9.52. The van der Waals surface area contributed by atoms with E-state index in [1.165, 1.54) is 30.5 Å². The number of aryl methyl sites for hydroxylation is 1. The molecule has 0 aliphatic heterocycles. The SMILES string of the molecule is CCCCCNc1cccc(C)c1. The molecule has 0 bridgehead atoms. The molecular formula is C12H19N. The third kappa shape index (κ3) is 3.97. The summed E-state index contributed by atoms with van der Waals surface area (Å²) in [5.74, 6) is 0. The van der Waals surface area contributed by atoms with Crippen LogP contribution in [0.25, 0.3) is 0 Å². The largest absolute Gasteiger partial charge is 0.385 e. The Morgan fingerprint density at radius 3 is 2.77 bits per heavy atom. The first kappa shape index (κ1) is 10.1. The molecule has 0 unspecified atom stereocenters. The van der Waals surface area contributed by atoms with Crippen molar-refractivity contribution in [2.45, 2.75) is 33.1 Å². The van der Waals surface area contributed by atoms with Gasteiger partial charge in [-0.1, -0.05) is 31.9 Å². The lowest BCUT2D eigenvalue weighted by Gasteiger charge is -2.05. The lowest BCUT2D eigenvalue weighted by molar-refractivity contribution is 0.744. The van der Waals surface area contributed by atoms with Crippen LogP contribution in [0, 0.1) is 6.92 Å². The third-order valence-corrected chi connectivity index (χ3v) is 2.13. The van der Waals surface area contributed by atoms with Crippen molar-refractivity contribution in [3.8, 4) is 0 Å². The van der Waals surface area contributed by atoms with Gasteiger partial charge in [0.15, 0.2) is 0 Å². The fourth-order valence-corrected chi connectivity index (χ4v) is 1.36. The lowest BCUT2D eigenvalue weighted by atomic mass is 10.2. The van der Waals surface area contributed by atoms with Crippen molar-refractivity contribution in [2.75, 3.05) is 11.9 Å². The molecule has 1 aromatic rings. The number of anilines is 1. The van der Waals surface area contributed by atoms with Gasteiger partial charge < -0.3 is 5.32 Å². The number of hydrogen-bond donors (Lipinski definition) is 1. The van der Waals surface area contributed by atoms with E-state index in [4.69, 9.17) is 0 Å². The Bertz CT molecular complexity index is 243. The summed E-state index contributed by atoms with van der Waals surface area (Å²) in [7, 11) is 0. The van der Waals surface area contributed by atoms with Gasteiger partial charge in [-0.15, -0.1) is 0 Å². The van der Waals surface area contributed by atoms with Gasteiger partial charge in [-0.3, -0.25) is 0 Å². The first-order valence-corrected chi connectivity index (χ1v) is 5.13. The van der Waals surface area contributed by atoms with Gasteiger partial charge in [-0.25, -0.2) is 0 Å². The van der Waals surface area contributed by atoms with E-state index in [1.54, 1.807) is 0 Å². The minimum atomic E-state index is 1.09. The summed E-state index contributed by atoms with van der Waals surface area (Å²) in [4.78, 5) is 0. The van der Waals surface area contributed by atoms with Gasteiger partial charge >= 0.3 is 0 Å². The Hall–Kier alpha value is -0.980. The summed E-state index contributed by atoms with van der Waals surface area (Å²) in [6.07, 6.45) is 3.87. The average molecular weight is 177 g/mol. The molecule has 0 heterocycles. The maximum absolute atomic E-state index is 3.42. The van der Waals surface area contributed by atoms with E-state index in [1.807, 2.05) is 0 Å². The number of benzene rings is 1. The van der Waals surface area contributed by atoms with Crippen LogP contribution in [0.4, 0.5) is 5.69 Å². The molecule has 1 nitrogen and oxygen atoms in total. The van der Waals surface area contributed by atoms with Gasteiger partial charge in [-0.05, 0) is 31.0 Å². The molecule has 0 fully saturated rings. The molecule has 0 saturated carbocycles. The Morgan fingerprint density at radius 2 is 2.08 bits per heavy atom. The van der Waals surface area contributed by atoms with E-state index in [-0.39, 0.29) is 0 Å². The average Bonchev–Trinajstić information content (AvgIpc) is 2.13. The summed E-state index contributed by atoms with van der Waals surface area (Å²) in [6.45, 7) is 5.45. The Balaban J connectivity index is 2.28. The smallest absolute Gasteiger partial charge is 0.0342 e. The molecule has 0 aliphatic rings. The molecule has 0 radical (unpaired) electrons. The highest BCUT2D eigenvalue weighted by atomic mass is 14.9. The Kier molecular flexibility index (Phi) is 4.37. The standard InChI is InChI=1S/C12H19N/c1-3-4-5-9-13-12-8-6-7-11(2)10-12/h6-8,10,13H,3-5,9H2,1-2H3. The van der Waals surface area contributed by atoms with E-state index in [2.05, 4.69) is 43.4 Å². The number of rotatable bonds is 5. The molecule has 0 amide bonds. The van der Waals surface area contributed by atoms with Crippen LogP contribution in [0.1, 0.15) is 31.7 Å². The number of nitrogens with one attached hydrogen (secondary N) is 1. The molecule has 0 saturated heterocycles. The van der Waals surface area contributed by atoms with E-state index >= 15 is 0 Å². The van der Waals surface area contributed by atoms with Gasteiger partial charge in [0, 0.05) is 12.2 Å². The fourth-order valence-electron chi connectivity index (χ4n) is 1.36. The van der Waals surface area contributed by atoms with E-state index < -0.39 is 0 Å². The van der Waals surface area contributed by atoms with Crippen molar-refractivity contribution in [2.24, 2.45) is 0 Å². The highest BCUT2D eigenvalue weighted by molar-refractivity contribution is 5.45. The highest BCUT2D eigenvalue weighted by Gasteiger charge is 1.90. The molecule has 0 aromatic heterocycles. The molecule has 1 rings (SSSR count). The third-order valence-electron chi connectivity index (χ3n) is 2.13. The van der Waals surface area contributed by atoms with Crippen molar-refractivity contribution < 1.29 is 0 Å². The normalized spacial score (nSPS) is 10.0. The summed E-state index contributed by atoms with van der Waals surface area (Å²) in [5, 5.41) is 3.42. The molecule has 0 aliphatic carbocycles. The minimum Gasteiger partial charge on any atom is -0.385 e. The molecule has 1 aromatic carbocycles. The quantitative estimate of drug-likeness (QED) is 0.678. The molecule has 0 spiro atoms. The first-order chi connectivity index (χ1) is 6.33. The van der Waals surface area contributed by atoms with Gasteiger partial charge in [0.05, 0.1) is 0 Å². The Labute approximate surface area is 81.2 Å². The summed E-state index contributed by atoms with van der Waals surface area (Å²) >= 11 is 0. The number of hydrogen-bond acceptors (Lipinski definition) is 1. The van der Waals surface area contributed by atoms with E-state index in [0.29, 0.717) is 0 Å². The maximum Gasteiger partial charge on any atom is 0.0342 e. The summed E-state index contributed by atoms with van der Waals surface area (Å²) in [6, 6.07) is 8.53. The first-order valence-electron chi connectivity index (χ1n) is 5.13. The molecule has 13 heavy (non-hydrogen) atoms. The lowest BCUT2D eigenvalue weighted by Crippen LogP contribution is -2.00. The van der Waals surface area contributed by atoms with Crippen LogP contribution in [0.3, 0.4) is 0 Å². The zero-order valence-electron chi connectivity index (χ0n) is 8.64. The van der Waals surface area contributed by atoms with Crippen LogP contribution in [0.5, 0.6) is 0 Å². The van der Waals surface area contributed by atoms with Gasteiger partial charge in [0.25, 0.3) is 0 Å². The predicted molar refractivity (Wildman–Crippen MR) is 59.2 cm³/mol. The van der Waals surface area contributed by atoms with Crippen LogP contribution >= 0.6 is 0 Å². The van der Waals surface area contributed by atoms with Gasteiger partial charge in [0.2, 0.25) is 0 Å². The molecule has 0 atom stereocenters. The zero-order valence-corrected chi connectivity index (χ0v) is 8.64. The predicted octanol–water partition coefficient (Wildman–Crippen LogP) is 3.60. The van der Waals surface area contributed by atoms with Crippen molar-refractivity contribution in [1.29, 1.82) is 0 Å². The van der Waals surface area contributed by atoms with Crippen LogP contribution in [-0.2, 0) is 0 Å². The molecular weight excluding hydrogens is 158 g/mol. The fraction of sp³-hybridized carbons (Fsp3) is 0.500. The van der Waals surface area contributed by atoms with Crippen molar-refractivity contribution in [3.05, 3.63) is 29.8 Å². The summed E-state index contributed by atoms with van der Waals surface area (Å²) in [5.41, 5.74) is 2.57. The number of unbranched alkanes of at least 4 members (excludes halogenated alkanes) is 2. The minimum absolute atomic E-state index is 1.09. The van der Waals surface area contributed by atoms with Crippen LogP contribution in [-0.4, -0.2) is 6.54 Å². The molecule has 1 heteroatoms. The van der Waals surface area contributed by atoms with Crippen LogP contribution in [0.15, 0.2) is 24.3 Å². The maximum atomic E-state index is 3.42. The second-order valence-corrected chi connectivity index (χ2v) is 3.50. The monoisotopic (exact) mass is 177 g/mol. The highest BCUT2D eigenvalue weighted by Crippen LogP contribution is 2.09. The van der Waals surface area contributed by atoms with E-state index in [9.17, 15) is 0 Å². The Morgan fingerprint density at radius 1 is 1.23 bits per heavy atom.